The van der Waals surface area contributed by atoms with E-state index in [-0.39, 0.29) is 11.3 Å². The van der Waals surface area contributed by atoms with Gasteiger partial charge in [-0.05, 0) is 63.1 Å². The summed E-state index contributed by atoms with van der Waals surface area (Å²) in [7, 11) is 0. The SMILES string of the molecule is [C-]#[N+]c1cccc2cc(C(=O)C[C@@H]3C4CCN(CC4)C3(C)C)sc12. The number of thiophene rings is 1. The van der Waals surface area contributed by atoms with E-state index in [2.05, 4.69) is 23.6 Å². The van der Waals surface area contributed by atoms with Crippen LogP contribution in [-0.2, 0) is 0 Å². The average molecular weight is 338 g/mol. The number of Topliss-reactive ketones (excluding diaryl/α,β-unsaturated/α-hetero) is 1. The first kappa shape index (κ1) is 15.8. The van der Waals surface area contributed by atoms with Crippen molar-refractivity contribution in [2.45, 2.75) is 38.6 Å². The lowest BCUT2D eigenvalue weighted by Gasteiger charge is -2.56. The quantitative estimate of drug-likeness (QED) is 0.571. The molecule has 0 amide bonds. The van der Waals surface area contributed by atoms with E-state index in [4.69, 9.17) is 6.57 Å². The van der Waals surface area contributed by atoms with E-state index in [0.29, 0.717) is 23.9 Å². The number of carbonyl (C=O) groups is 1. The molecule has 0 aliphatic carbocycles. The van der Waals surface area contributed by atoms with Crippen LogP contribution in [-0.4, -0.2) is 29.3 Å². The summed E-state index contributed by atoms with van der Waals surface area (Å²) in [5, 5.41) is 1.02. The molecule has 5 rings (SSSR count). The fraction of sp³-hybridized carbons (Fsp3) is 0.500. The van der Waals surface area contributed by atoms with Gasteiger partial charge >= 0.3 is 0 Å². The highest BCUT2D eigenvalue weighted by Gasteiger charge is 2.47. The largest absolute Gasteiger partial charge is 0.298 e. The third-order valence-corrected chi connectivity index (χ3v) is 7.37. The van der Waals surface area contributed by atoms with Gasteiger partial charge in [-0.25, -0.2) is 4.85 Å². The zero-order chi connectivity index (χ0) is 16.9. The summed E-state index contributed by atoms with van der Waals surface area (Å²) in [5.41, 5.74) is 0.773. The minimum atomic E-state index is 0.120. The van der Waals surface area contributed by atoms with Gasteiger partial charge in [-0.3, -0.25) is 9.69 Å². The second-order valence-electron chi connectivity index (χ2n) is 7.63. The van der Waals surface area contributed by atoms with Gasteiger partial charge in [0, 0.05) is 16.7 Å². The van der Waals surface area contributed by atoms with Crippen molar-refractivity contribution in [3.63, 3.8) is 0 Å². The Hall–Kier alpha value is -1.70. The molecule has 0 spiro atoms. The Bertz CT molecular complexity index is 837. The molecule has 0 saturated carbocycles. The molecule has 0 radical (unpaired) electrons. The molecule has 1 atom stereocenters. The smallest absolute Gasteiger partial charge is 0.204 e. The van der Waals surface area contributed by atoms with Crippen molar-refractivity contribution < 1.29 is 4.79 Å². The highest BCUT2D eigenvalue weighted by molar-refractivity contribution is 7.21. The number of nitrogens with zero attached hydrogens (tertiary/aromatic N) is 2. The fourth-order valence-corrected chi connectivity index (χ4v) is 5.75. The molecule has 0 unspecified atom stereocenters. The lowest BCUT2D eigenvalue weighted by Crippen LogP contribution is -2.61. The molecule has 124 valence electrons. The molecule has 2 aromatic rings. The number of benzene rings is 1. The van der Waals surface area contributed by atoms with Crippen LogP contribution in [0.4, 0.5) is 5.69 Å². The molecular formula is C20H22N2OS. The van der Waals surface area contributed by atoms with E-state index < -0.39 is 0 Å². The number of ketones is 1. The van der Waals surface area contributed by atoms with Gasteiger partial charge in [0.05, 0.1) is 11.4 Å². The monoisotopic (exact) mass is 338 g/mol. The Labute approximate surface area is 147 Å². The highest BCUT2D eigenvalue weighted by Crippen LogP contribution is 2.46. The van der Waals surface area contributed by atoms with Crippen molar-refractivity contribution in [3.05, 3.63) is 40.6 Å². The maximum atomic E-state index is 13.0. The number of carbonyl (C=O) groups excluding carboxylic acids is 1. The molecule has 3 saturated heterocycles. The lowest BCUT2D eigenvalue weighted by molar-refractivity contribution is -0.0643. The third kappa shape index (κ3) is 2.39. The first-order chi connectivity index (χ1) is 11.5. The van der Waals surface area contributed by atoms with Crippen LogP contribution < -0.4 is 0 Å². The van der Waals surface area contributed by atoms with Gasteiger partial charge in [0.1, 0.15) is 0 Å². The summed E-state index contributed by atoms with van der Waals surface area (Å²) in [4.78, 5) is 19.9. The number of rotatable bonds is 3. The van der Waals surface area contributed by atoms with E-state index in [9.17, 15) is 4.79 Å². The summed E-state index contributed by atoms with van der Waals surface area (Å²) in [5.74, 6) is 1.37. The van der Waals surface area contributed by atoms with E-state index >= 15 is 0 Å². The van der Waals surface area contributed by atoms with Crippen LogP contribution in [0.3, 0.4) is 0 Å². The molecule has 4 heteroatoms. The van der Waals surface area contributed by atoms with Crippen molar-refractivity contribution in [1.82, 2.24) is 4.90 Å². The molecule has 3 aliphatic rings. The van der Waals surface area contributed by atoms with Crippen LogP contribution >= 0.6 is 11.3 Å². The van der Waals surface area contributed by atoms with E-state index in [0.717, 1.165) is 15.0 Å². The molecule has 3 nitrogen and oxygen atoms in total. The zero-order valence-electron chi connectivity index (χ0n) is 14.2. The number of hydrogen-bond acceptors (Lipinski definition) is 3. The van der Waals surface area contributed by atoms with Gasteiger partial charge in [-0.15, -0.1) is 11.3 Å². The maximum absolute atomic E-state index is 13.0. The first-order valence-electron chi connectivity index (χ1n) is 8.69. The topological polar surface area (TPSA) is 24.7 Å². The van der Waals surface area contributed by atoms with Crippen LogP contribution in [0.2, 0.25) is 0 Å². The van der Waals surface area contributed by atoms with Gasteiger partial charge in [0.15, 0.2) is 5.78 Å². The maximum Gasteiger partial charge on any atom is 0.204 e. The Morgan fingerprint density at radius 1 is 1.38 bits per heavy atom. The molecule has 3 aliphatic heterocycles. The second-order valence-corrected chi connectivity index (χ2v) is 8.68. The number of fused-ring (bicyclic) bond motifs is 4. The van der Waals surface area contributed by atoms with Crippen molar-refractivity contribution >= 4 is 32.9 Å². The molecule has 3 fully saturated rings. The third-order valence-electron chi connectivity index (χ3n) is 6.15. The van der Waals surface area contributed by atoms with E-state index in [1.165, 1.54) is 37.3 Å². The summed E-state index contributed by atoms with van der Waals surface area (Å²) in [6.45, 7) is 14.3. The highest BCUT2D eigenvalue weighted by atomic mass is 32.1. The Balaban J connectivity index is 1.62. The molecule has 1 aromatic carbocycles. The van der Waals surface area contributed by atoms with Crippen molar-refractivity contribution in [2.75, 3.05) is 13.1 Å². The normalized spacial score (nSPS) is 28.0. The zero-order valence-corrected chi connectivity index (χ0v) is 15.0. The van der Waals surface area contributed by atoms with Crippen LogP contribution in [0.1, 0.15) is 42.8 Å². The minimum absolute atomic E-state index is 0.120. The van der Waals surface area contributed by atoms with Gasteiger partial charge in [0.25, 0.3) is 0 Å². The van der Waals surface area contributed by atoms with Crippen LogP contribution in [0.5, 0.6) is 0 Å². The summed E-state index contributed by atoms with van der Waals surface area (Å²) in [6, 6.07) is 7.70. The summed E-state index contributed by atoms with van der Waals surface area (Å²) >= 11 is 1.49. The summed E-state index contributed by atoms with van der Waals surface area (Å²) < 4.78 is 0.948. The van der Waals surface area contributed by atoms with Crippen molar-refractivity contribution in [2.24, 2.45) is 11.8 Å². The molecule has 24 heavy (non-hydrogen) atoms. The molecule has 0 N–H and O–H groups in total. The molecule has 4 heterocycles. The van der Waals surface area contributed by atoms with Crippen molar-refractivity contribution in [1.29, 1.82) is 0 Å². The number of piperidine rings is 3. The Kier molecular flexibility index (Phi) is 3.74. The van der Waals surface area contributed by atoms with Crippen LogP contribution in [0.25, 0.3) is 14.9 Å². The lowest BCUT2D eigenvalue weighted by atomic mass is 9.65. The average Bonchev–Trinajstić information content (AvgIpc) is 3.02. The molecule has 2 bridgehead atoms. The van der Waals surface area contributed by atoms with E-state index in [1.807, 2.05) is 24.3 Å². The molecular weight excluding hydrogens is 316 g/mol. The standard InChI is InChI=1S/C20H22N2OS/c1-20(2)15(13-7-9-22(20)10-8-13)12-17(23)18-11-14-5-4-6-16(21-3)19(14)24-18/h4-6,11,13,15H,7-10,12H2,1-2H3/t15-/m1/s1. The van der Waals surface area contributed by atoms with Crippen molar-refractivity contribution in [3.8, 4) is 0 Å². The predicted octanol–water partition coefficient (Wildman–Crippen LogP) is 5.15. The molecule has 1 aromatic heterocycles. The van der Waals surface area contributed by atoms with Gasteiger partial charge in [-0.1, -0.05) is 18.2 Å². The first-order valence-corrected chi connectivity index (χ1v) is 9.50. The van der Waals surface area contributed by atoms with E-state index in [1.54, 1.807) is 0 Å². The van der Waals surface area contributed by atoms with Crippen LogP contribution in [0, 0.1) is 18.4 Å². The second kappa shape index (κ2) is 5.68. The fourth-order valence-electron chi connectivity index (χ4n) is 4.68. The minimum Gasteiger partial charge on any atom is -0.298 e. The van der Waals surface area contributed by atoms with Crippen LogP contribution in [0.15, 0.2) is 24.3 Å². The van der Waals surface area contributed by atoms with Gasteiger partial charge < -0.3 is 0 Å². The predicted molar refractivity (Wildman–Crippen MR) is 98.9 cm³/mol. The van der Waals surface area contributed by atoms with Gasteiger partial charge in [0.2, 0.25) is 5.69 Å². The Morgan fingerprint density at radius 3 is 2.79 bits per heavy atom. The summed E-state index contributed by atoms with van der Waals surface area (Å²) in [6.07, 6.45) is 3.10. The van der Waals surface area contributed by atoms with Gasteiger partial charge in [-0.2, -0.15) is 0 Å². The number of hydrogen-bond donors (Lipinski definition) is 0. The Morgan fingerprint density at radius 2 is 2.12 bits per heavy atom.